The molecule has 6 heteroatoms. The van der Waals surface area contributed by atoms with Crippen molar-refractivity contribution in [3.8, 4) is 5.75 Å². The number of ketones is 1. The predicted molar refractivity (Wildman–Crippen MR) is 146 cm³/mol. The van der Waals surface area contributed by atoms with E-state index >= 15 is 0 Å². The smallest absolute Gasteiger partial charge is 0.256 e. The van der Waals surface area contributed by atoms with E-state index in [1.54, 1.807) is 24.3 Å². The molecule has 2 heterocycles. The number of hydrogen-bond acceptors (Lipinski definition) is 5. The Morgan fingerprint density at radius 1 is 0.919 bits per heavy atom. The van der Waals surface area contributed by atoms with Crippen molar-refractivity contribution < 1.29 is 14.7 Å². The van der Waals surface area contributed by atoms with Crippen molar-refractivity contribution in [2.45, 2.75) is 45.1 Å². The largest absolute Gasteiger partial charge is 0.507 e. The fraction of sp³-hybridized carbons (Fsp3) is 0.226. The Kier molecular flexibility index (Phi) is 7.08. The van der Waals surface area contributed by atoms with Crippen molar-refractivity contribution in [3.05, 3.63) is 107 Å². The number of amidine groups is 1. The van der Waals surface area contributed by atoms with E-state index in [9.17, 15) is 14.7 Å². The summed E-state index contributed by atoms with van der Waals surface area (Å²) in [5.41, 5.74) is 5.49. The van der Waals surface area contributed by atoms with Gasteiger partial charge in [0, 0.05) is 24.0 Å². The van der Waals surface area contributed by atoms with E-state index in [1.165, 1.54) is 0 Å². The molecule has 0 saturated carbocycles. The highest BCUT2D eigenvalue weighted by Crippen LogP contribution is 2.25. The molecule has 6 bridgehead atoms. The van der Waals surface area contributed by atoms with Crippen LogP contribution in [0.1, 0.15) is 51.9 Å². The van der Waals surface area contributed by atoms with Gasteiger partial charge in [0.15, 0.2) is 5.78 Å². The molecule has 2 N–H and O–H groups in total. The maximum atomic E-state index is 13.3. The van der Waals surface area contributed by atoms with Crippen LogP contribution < -0.4 is 5.32 Å². The molecule has 1 unspecified atom stereocenters. The summed E-state index contributed by atoms with van der Waals surface area (Å²) in [4.78, 5) is 35.4. The molecule has 186 valence electrons. The summed E-state index contributed by atoms with van der Waals surface area (Å²) in [5, 5.41) is 13.7. The zero-order valence-corrected chi connectivity index (χ0v) is 20.8. The van der Waals surface area contributed by atoms with Gasteiger partial charge in [0.2, 0.25) is 0 Å². The molecule has 3 aromatic carbocycles. The van der Waals surface area contributed by atoms with Crippen LogP contribution in [-0.4, -0.2) is 34.4 Å². The van der Waals surface area contributed by atoms with E-state index in [2.05, 4.69) is 5.32 Å². The van der Waals surface area contributed by atoms with Crippen molar-refractivity contribution in [3.63, 3.8) is 0 Å². The number of aromatic hydroxyl groups is 1. The molecule has 0 spiro atoms. The van der Waals surface area contributed by atoms with Gasteiger partial charge in [-0.3, -0.25) is 14.6 Å². The highest BCUT2D eigenvalue weighted by atomic mass is 16.3. The first-order valence-electron chi connectivity index (χ1n) is 12.6. The third kappa shape index (κ3) is 5.92. The van der Waals surface area contributed by atoms with E-state index in [0.717, 1.165) is 22.4 Å². The Labute approximate surface area is 216 Å². The second-order valence-corrected chi connectivity index (χ2v) is 9.56. The molecule has 0 saturated heterocycles. The highest BCUT2D eigenvalue weighted by Gasteiger charge is 2.19. The third-order valence-corrected chi connectivity index (χ3v) is 6.75. The summed E-state index contributed by atoms with van der Waals surface area (Å²) < 4.78 is 0. The van der Waals surface area contributed by atoms with E-state index < -0.39 is 0 Å². The van der Waals surface area contributed by atoms with Crippen LogP contribution >= 0.6 is 0 Å². The molecule has 1 atom stereocenters. The quantitative estimate of drug-likeness (QED) is 0.476. The zero-order valence-electron chi connectivity index (χ0n) is 20.8. The lowest BCUT2D eigenvalue weighted by Gasteiger charge is -2.17. The van der Waals surface area contributed by atoms with E-state index in [0.29, 0.717) is 54.8 Å². The van der Waals surface area contributed by atoms with Crippen LogP contribution in [0.15, 0.2) is 88.9 Å². The van der Waals surface area contributed by atoms with Crippen molar-refractivity contribution in [2.24, 2.45) is 9.98 Å². The summed E-state index contributed by atoms with van der Waals surface area (Å²) in [6.45, 7) is 1.99. The minimum atomic E-state index is -0.213. The van der Waals surface area contributed by atoms with Gasteiger partial charge in [0.1, 0.15) is 11.6 Å². The second kappa shape index (κ2) is 10.7. The lowest BCUT2D eigenvalue weighted by molar-refractivity contribution is -0.114. The molecule has 6 nitrogen and oxygen atoms in total. The Morgan fingerprint density at radius 2 is 1.78 bits per heavy atom. The molecule has 3 aromatic rings. The van der Waals surface area contributed by atoms with Gasteiger partial charge >= 0.3 is 0 Å². The number of hydrogen-bond donors (Lipinski definition) is 2. The minimum Gasteiger partial charge on any atom is -0.507 e. The molecule has 2 aliphatic rings. The number of allylic oxidation sites excluding steroid dienone is 2. The minimum absolute atomic E-state index is 0.0381. The number of benzene rings is 3. The number of para-hydroxylation sites is 1. The monoisotopic (exact) mass is 491 g/mol. The van der Waals surface area contributed by atoms with Gasteiger partial charge in [-0.15, -0.1) is 0 Å². The number of phenolic OH excluding ortho intramolecular Hbond substituents is 1. The van der Waals surface area contributed by atoms with Crippen molar-refractivity contribution in [1.29, 1.82) is 0 Å². The lowest BCUT2D eigenvalue weighted by Crippen LogP contribution is -2.31. The van der Waals surface area contributed by atoms with Gasteiger partial charge < -0.3 is 10.4 Å². The van der Waals surface area contributed by atoms with Gasteiger partial charge in [-0.1, -0.05) is 36.4 Å². The number of amides is 1. The summed E-state index contributed by atoms with van der Waals surface area (Å²) in [5.74, 6) is 0.517. The lowest BCUT2D eigenvalue weighted by atomic mass is 9.96. The Hall–Kier alpha value is -4.32. The number of phenols is 1. The molecular formula is C31H29N3O3. The van der Waals surface area contributed by atoms with Crippen LogP contribution in [0.3, 0.4) is 0 Å². The number of aryl methyl sites for hydroxylation is 2. The first-order valence-corrected chi connectivity index (χ1v) is 12.6. The van der Waals surface area contributed by atoms with Crippen LogP contribution in [0.4, 0.5) is 5.69 Å². The topological polar surface area (TPSA) is 91.1 Å². The van der Waals surface area contributed by atoms with Gasteiger partial charge in [0.25, 0.3) is 5.91 Å². The fourth-order valence-corrected chi connectivity index (χ4v) is 4.68. The summed E-state index contributed by atoms with van der Waals surface area (Å²) >= 11 is 0. The molecule has 0 aromatic heterocycles. The zero-order chi connectivity index (χ0) is 25.8. The molecule has 1 amide bonds. The van der Waals surface area contributed by atoms with E-state index in [-0.39, 0.29) is 23.5 Å². The second-order valence-electron chi connectivity index (χ2n) is 9.56. The standard InChI is InChI=1S/C31H29N3O3/c1-20-5-2-3-8-27(20)33-30-16-10-21-9-15-29(36)26(19-21)28-14-13-25(35)12-11-24(32-28)18-22-6-4-7-23(17-22)31(37)34-30/h2-9,13-15,17,19,24,36H,10-12,16,18H2,1H3,(H,33,34,37)/b14-13-,32-28-. The Morgan fingerprint density at radius 3 is 2.65 bits per heavy atom. The number of nitrogens with zero attached hydrogens (tertiary/aromatic N) is 2. The van der Waals surface area contributed by atoms with E-state index in [1.807, 2.05) is 61.5 Å². The summed E-state index contributed by atoms with van der Waals surface area (Å²) in [6.07, 6.45) is 5.92. The number of fused-ring (bicyclic) bond motifs is 6. The Balaban J connectivity index is 1.61. The molecule has 37 heavy (non-hydrogen) atoms. The molecule has 2 aliphatic heterocycles. The van der Waals surface area contributed by atoms with Crippen molar-refractivity contribution >= 4 is 28.9 Å². The average molecular weight is 492 g/mol. The van der Waals surface area contributed by atoms with Gasteiger partial charge in [-0.25, -0.2) is 4.99 Å². The average Bonchev–Trinajstić information content (AvgIpc) is 2.89. The van der Waals surface area contributed by atoms with Crippen LogP contribution in [0.25, 0.3) is 0 Å². The molecule has 0 fully saturated rings. The van der Waals surface area contributed by atoms with Gasteiger partial charge in [-0.05, 0) is 85.4 Å². The maximum absolute atomic E-state index is 13.3. The normalized spacial score (nSPS) is 21.5. The van der Waals surface area contributed by atoms with Crippen LogP contribution in [-0.2, 0) is 17.6 Å². The van der Waals surface area contributed by atoms with Crippen LogP contribution in [0, 0.1) is 6.92 Å². The van der Waals surface area contributed by atoms with E-state index in [4.69, 9.17) is 9.98 Å². The van der Waals surface area contributed by atoms with Crippen LogP contribution in [0.2, 0.25) is 0 Å². The molecule has 0 aliphatic carbocycles. The number of carbonyl (C=O) groups is 2. The van der Waals surface area contributed by atoms with Crippen LogP contribution in [0.5, 0.6) is 5.75 Å². The molecule has 5 rings (SSSR count). The number of rotatable bonds is 1. The molecule has 0 radical (unpaired) electrons. The summed E-state index contributed by atoms with van der Waals surface area (Å²) in [6, 6.07) is 20.6. The highest BCUT2D eigenvalue weighted by molar-refractivity contribution is 6.13. The summed E-state index contributed by atoms with van der Waals surface area (Å²) in [7, 11) is 0. The number of carbonyl (C=O) groups excluding carboxylic acids is 2. The van der Waals surface area contributed by atoms with Gasteiger partial charge in [0.05, 0.1) is 17.4 Å². The first-order chi connectivity index (χ1) is 17.9. The van der Waals surface area contributed by atoms with Crippen molar-refractivity contribution in [2.75, 3.05) is 0 Å². The third-order valence-electron chi connectivity index (χ3n) is 6.75. The molecular weight excluding hydrogens is 462 g/mol. The predicted octanol–water partition coefficient (Wildman–Crippen LogP) is 5.43. The first kappa shape index (κ1) is 24.4. The number of aliphatic imine (C=N–C) groups is 2. The van der Waals surface area contributed by atoms with Gasteiger partial charge in [-0.2, -0.15) is 0 Å². The number of nitrogens with one attached hydrogen (secondary N) is 1. The maximum Gasteiger partial charge on any atom is 0.256 e. The van der Waals surface area contributed by atoms with Crippen molar-refractivity contribution in [1.82, 2.24) is 5.32 Å². The SMILES string of the molecule is Cc1ccccc1/N=C1\CCc2ccc(O)c(c2)C2=N\C(CCC(=O)/C=C\2)Cc2cccc(c2)C(=O)N1. The fourth-order valence-electron chi connectivity index (χ4n) is 4.68. The Bertz CT molecular complexity index is 1450.